The van der Waals surface area contributed by atoms with E-state index in [1.807, 2.05) is 48.1 Å². The zero-order valence-electron chi connectivity index (χ0n) is 13.1. The van der Waals surface area contributed by atoms with E-state index >= 15 is 0 Å². The SMILES string of the molecule is Cn1cccc1CC(=O)N/N=C\c1ccc(-c2ccc(Cl)cc2)o1. The highest BCUT2D eigenvalue weighted by atomic mass is 35.5. The molecule has 0 saturated carbocycles. The quantitative estimate of drug-likeness (QED) is 0.569. The van der Waals surface area contributed by atoms with Crippen LogP contribution in [-0.2, 0) is 18.3 Å². The van der Waals surface area contributed by atoms with E-state index in [0.717, 1.165) is 11.3 Å². The van der Waals surface area contributed by atoms with Crippen molar-refractivity contribution in [1.29, 1.82) is 0 Å². The summed E-state index contributed by atoms with van der Waals surface area (Å²) in [4.78, 5) is 11.8. The first-order valence-corrected chi connectivity index (χ1v) is 7.77. The zero-order chi connectivity index (χ0) is 16.9. The van der Waals surface area contributed by atoms with Gasteiger partial charge in [-0.2, -0.15) is 5.10 Å². The Kier molecular flexibility index (Phi) is 4.82. The Bertz CT molecular complexity index is 863. The van der Waals surface area contributed by atoms with Crippen LogP contribution in [0.2, 0.25) is 5.02 Å². The topological polar surface area (TPSA) is 59.5 Å². The number of carbonyl (C=O) groups is 1. The second-order valence-electron chi connectivity index (χ2n) is 5.29. The van der Waals surface area contributed by atoms with Gasteiger partial charge in [0.25, 0.3) is 0 Å². The van der Waals surface area contributed by atoms with Crippen LogP contribution in [0.5, 0.6) is 0 Å². The summed E-state index contributed by atoms with van der Waals surface area (Å²) in [5.74, 6) is 1.08. The first-order chi connectivity index (χ1) is 11.6. The first-order valence-electron chi connectivity index (χ1n) is 7.40. The summed E-state index contributed by atoms with van der Waals surface area (Å²) < 4.78 is 7.57. The van der Waals surface area contributed by atoms with Crippen LogP contribution in [0.4, 0.5) is 0 Å². The largest absolute Gasteiger partial charge is 0.455 e. The monoisotopic (exact) mass is 341 g/mol. The molecule has 0 aliphatic rings. The number of nitrogens with zero attached hydrogens (tertiary/aromatic N) is 2. The number of benzene rings is 1. The molecule has 1 aromatic carbocycles. The van der Waals surface area contributed by atoms with E-state index in [2.05, 4.69) is 10.5 Å². The van der Waals surface area contributed by atoms with Gasteiger partial charge in [-0.05, 0) is 48.5 Å². The van der Waals surface area contributed by atoms with Gasteiger partial charge in [-0.3, -0.25) is 4.79 Å². The van der Waals surface area contributed by atoms with Gasteiger partial charge >= 0.3 is 0 Å². The molecule has 0 bridgehead atoms. The van der Waals surface area contributed by atoms with E-state index in [4.69, 9.17) is 16.0 Å². The van der Waals surface area contributed by atoms with Crippen molar-refractivity contribution in [2.45, 2.75) is 6.42 Å². The molecule has 1 amide bonds. The maximum Gasteiger partial charge on any atom is 0.245 e. The molecule has 122 valence electrons. The molecule has 0 atom stereocenters. The number of hydrogen-bond acceptors (Lipinski definition) is 3. The van der Waals surface area contributed by atoms with E-state index in [1.165, 1.54) is 6.21 Å². The van der Waals surface area contributed by atoms with Crippen molar-refractivity contribution in [2.75, 3.05) is 0 Å². The normalized spacial score (nSPS) is 11.1. The maximum atomic E-state index is 11.8. The number of carbonyl (C=O) groups excluding carboxylic acids is 1. The van der Waals surface area contributed by atoms with Crippen molar-refractivity contribution in [1.82, 2.24) is 9.99 Å². The molecule has 5 nitrogen and oxygen atoms in total. The Morgan fingerprint density at radius 1 is 1.25 bits per heavy atom. The van der Waals surface area contributed by atoms with Crippen molar-refractivity contribution >= 4 is 23.7 Å². The second-order valence-corrected chi connectivity index (χ2v) is 5.73. The average Bonchev–Trinajstić information content (AvgIpc) is 3.18. The molecule has 0 spiro atoms. The molecule has 6 heteroatoms. The zero-order valence-corrected chi connectivity index (χ0v) is 13.8. The molecule has 2 aromatic heterocycles. The van der Waals surface area contributed by atoms with Crippen molar-refractivity contribution in [3.05, 3.63) is 71.2 Å². The number of halogens is 1. The Labute approximate surface area is 144 Å². The van der Waals surface area contributed by atoms with Crippen molar-refractivity contribution < 1.29 is 9.21 Å². The fourth-order valence-electron chi connectivity index (χ4n) is 2.24. The summed E-state index contributed by atoms with van der Waals surface area (Å²) in [7, 11) is 1.90. The lowest BCUT2D eigenvalue weighted by molar-refractivity contribution is -0.120. The second kappa shape index (κ2) is 7.19. The van der Waals surface area contributed by atoms with E-state index in [-0.39, 0.29) is 12.3 Å². The molecule has 0 aliphatic carbocycles. The Balaban J connectivity index is 1.58. The number of aryl methyl sites for hydroxylation is 1. The number of hydrogen-bond donors (Lipinski definition) is 1. The Morgan fingerprint density at radius 2 is 2.04 bits per heavy atom. The van der Waals surface area contributed by atoms with E-state index in [0.29, 0.717) is 16.5 Å². The summed E-state index contributed by atoms with van der Waals surface area (Å²) in [6.07, 6.45) is 3.64. The molecule has 1 N–H and O–H groups in total. The molecule has 3 aromatic rings. The van der Waals surface area contributed by atoms with Crippen LogP contribution in [0, 0.1) is 0 Å². The van der Waals surface area contributed by atoms with Crippen LogP contribution < -0.4 is 5.43 Å². The Morgan fingerprint density at radius 3 is 2.75 bits per heavy atom. The van der Waals surface area contributed by atoms with Gasteiger partial charge in [0.1, 0.15) is 11.5 Å². The highest BCUT2D eigenvalue weighted by Crippen LogP contribution is 2.23. The van der Waals surface area contributed by atoms with Crippen LogP contribution in [0.25, 0.3) is 11.3 Å². The molecular formula is C18H16ClN3O2. The molecule has 24 heavy (non-hydrogen) atoms. The molecule has 0 aliphatic heterocycles. The molecule has 0 radical (unpaired) electrons. The molecular weight excluding hydrogens is 326 g/mol. The molecule has 0 saturated heterocycles. The van der Waals surface area contributed by atoms with E-state index in [9.17, 15) is 4.79 Å². The number of hydrazone groups is 1. The van der Waals surface area contributed by atoms with Gasteiger partial charge in [-0.25, -0.2) is 5.43 Å². The minimum absolute atomic E-state index is 0.183. The summed E-state index contributed by atoms with van der Waals surface area (Å²) in [5, 5.41) is 4.60. The number of aromatic nitrogens is 1. The van der Waals surface area contributed by atoms with Crippen LogP contribution in [0.15, 0.2) is 64.2 Å². The van der Waals surface area contributed by atoms with Crippen molar-refractivity contribution in [2.24, 2.45) is 12.1 Å². The van der Waals surface area contributed by atoms with Crippen molar-refractivity contribution in [3.8, 4) is 11.3 Å². The third-order valence-corrected chi connectivity index (χ3v) is 3.78. The van der Waals surface area contributed by atoms with Crippen LogP contribution in [0.3, 0.4) is 0 Å². The average molecular weight is 342 g/mol. The first kappa shape index (κ1) is 16.1. The Hall–Kier alpha value is -2.79. The van der Waals surface area contributed by atoms with Gasteiger partial charge in [-0.1, -0.05) is 11.6 Å². The lowest BCUT2D eigenvalue weighted by Crippen LogP contribution is -2.20. The molecule has 0 unspecified atom stereocenters. The van der Waals surface area contributed by atoms with Gasteiger partial charge < -0.3 is 8.98 Å². The highest BCUT2D eigenvalue weighted by molar-refractivity contribution is 6.30. The van der Waals surface area contributed by atoms with Gasteiger partial charge in [0.15, 0.2) is 0 Å². The standard InChI is InChI=1S/C18H16ClN3O2/c1-22-10-2-3-15(22)11-18(23)21-20-12-16-8-9-17(24-16)13-4-6-14(19)7-5-13/h2-10,12H,11H2,1H3,(H,21,23)/b20-12-. The fraction of sp³-hybridized carbons (Fsp3) is 0.111. The van der Waals surface area contributed by atoms with Gasteiger partial charge in [-0.15, -0.1) is 0 Å². The maximum absolute atomic E-state index is 11.8. The van der Waals surface area contributed by atoms with Crippen LogP contribution >= 0.6 is 11.6 Å². The minimum Gasteiger partial charge on any atom is -0.455 e. The van der Waals surface area contributed by atoms with Crippen LogP contribution in [-0.4, -0.2) is 16.7 Å². The summed E-state index contributed by atoms with van der Waals surface area (Å²) in [6.45, 7) is 0. The fourth-order valence-corrected chi connectivity index (χ4v) is 2.37. The number of rotatable bonds is 5. The van der Waals surface area contributed by atoms with Gasteiger partial charge in [0.05, 0.1) is 12.6 Å². The number of amides is 1. The third-order valence-electron chi connectivity index (χ3n) is 3.53. The van der Waals surface area contributed by atoms with Gasteiger partial charge in [0.2, 0.25) is 5.91 Å². The third kappa shape index (κ3) is 3.94. The highest BCUT2D eigenvalue weighted by Gasteiger charge is 2.05. The number of furan rings is 1. The summed E-state index contributed by atoms with van der Waals surface area (Å²) >= 11 is 5.87. The minimum atomic E-state index is -0.183. The number of nitrogens with one attached hydrogen (secondary N) is 1. The summed E-state index contributed by atoms with van der Waals surface area (Å²) in [5.41, 5.74) is 4.34. The van der Waals surface area contributed by atoms with Crippen LogP contribution in [0.1, 0.15) is 11.5 Å². The lowest BCUT2D eigenvalue weighted by Gasteiger charge is -2.01. The molecule has 3 rings (SSSR count). The van der Waals surface area contributed by atoms with Gasteiger partial charge in [0, 0.05) is 29.5 Å². The predicted octanol–water partition coefficient (Wildman–Crippen LogP) is 3.63. The van der Waals surface area contributed by atoms with E-state index in [1.54, 1.807) is 18.2 Å². The van der Waals surface area contributed by atoms with Crippen molar-refractivity contribution in [3.63, 3.8) is 0 Å². The van der Waals surface area contributed by atoms with E-state index < -0.39 is 0 Å². The molecule has 0 fully saturated rings. The predicted molar refractivity (Wildman–Crippen MR) is 94.0 cm³/mol. The summed E-state index contributed by atoms with van der Waals surface area (Å²) in [6, 6.07) is 14.8. The molecule has 2 heterocycles. The smallest absolute Gasteiger partial charge is 0.245 e. The lowest BCUT2D eigenvalue weighted by atomic mass is 10.2.